The van der Waals surface area contributed by atoms with Crippen LogP contribution in [0.2, 0.25) is 0 Å². The van der Waals surface area contributed by atoms with Crippen LogP contribution in [0.25, 0.3) is 0 Å². The number of ether oxygens (including phenoxy) is 1. The molecular formula is C9H8N2O2S2. The van der Waals surface area contributed by atoms with E-state index in [-0.39, 0.29) is 17.4 Å². The molecule has 0 aromatic carbocycles. The van der Waals surface area contributed by atoms with E-state index in [1.165, 1.54) is 23.5 Å². The van der Waals surface area contributed by atoms with E-state index < -0.39 is 5.97 Å². The quantitative estimate of drug-likeness (QED) is 0.415. The first kappa shape index (κ1) is 12.0. The Morgan fingerprint density at radius 3 is 2.87 bits per heavy atom. The Morgan fingerprint density at radius 1 is 1.67 bits per heavy atom. The number of rotatable bonds is 2. The Labute approximate surface area is 96.3 Å². The summed E-state index contributed by atoms with van der Waals surface area (Å²) in [5, 5.41) is 17.3. The zero-order valence-electron chi connectivity index (χ0n) is 8.02. The Bertz CT molecular complexity index is 379. The molecule has 6 heteroatoms. The van der Waals surface area contributed by atoms with E-state index in [1.54, 1.807) is 6.92 Å². The summed E-state index contributed by atoms with van der Waals surface area (Å²) < 4.78 is 5.35. The van der Waals surface area contributed by atoms with E-state index in [1.807, 2.05) is 6.07 Å². The van der Waals surface area contributed by atoms with Crippen molar-refractivity contribution in [2.75, 3.05) is 12.4 Å². The van der Waals surface area contributed by atoms with Crippen molar-refractivity contribution in [3.05, 3.63) is 9.81 Å². The molecule has 0 aromatic rings. The van der Waals surface area contributed by atoms with Crippen LogP contribution in [-0.2, 0) is 9.53 Å². The summed E-state index contributed by atoms with van der Waals surface area (Å²) in [5.74, 6) is 0.00903. The molecule has 0 aromatic heterocycles. The molecule has 0 unspecified atom stereocenters. The molecule has 0 radical (unpaired) electrons. The summed E-state index contributed by atoms with van der Waals surface area (Å²) in [7, 11) is 0. The van der Waals surface area contributed by atoms with Crippen LogP contribution in [0.4, 0.5) is 0 Å². The molecule has 1 heterocycles. The van der Waals surface area contributed by atoms with Crippen LogP contribution >= 0.6 is 23.5 Å². The normalized spacial score (nSPS) is 22.7. The second kappa shape index (κ2) is 5.69. The van der Waals surface area contributed by atoms with Gasteiger partial charge in [0.2, 0.25) is 0 Å². The molecule has 1 fully saturated rings. The summed E-state index contributed by atoms with van der Waals surface area (Å²) in [6, 6.07) is 3.92. The number of nitrogens with zero attached hydrogens (tertiary/aromatic N) is 2. The number of nitriles is 2. The van der Waals surface area contributed by atoms with Crippen LogP contribution in [-0.4, -0.2) is 23.6 Å². The van der Waals surface area contributed by atoms with Crippen LogP contribution in [0.5, 0.6) is 0 Å². The van der Waals surface area contributed by atoms with E-state index >= 15 is 0 Å². The molecule has 1 saturated heterocycles. The minimum atomic E-state index is -0.603. The van der Waals surface area contributed by atoms with Gasteiger partial charge < -0.3 is 4.74 Å². The smallest absolute Gasteiger partial charge is 0.350 e. The number of esters is 1. The van der Waals surface area contributed by atoms with Crippen LogP contribution in [0.15, 0.2) is 9.81 Å². The topological polar surface area (TPSA) is 73.9 Å². The number of carbonyl (C=O) groups excluding carboxylic acids is 1. The molecule has 0 aliphatic carbocycles. The van der Waals surface area contributed by atoms with Gasteiger partial charge in [-0.25, -0.2) is 4.79 Å². The molecule has 0 N–H and O–H groups in total. The molecule has 1 rings (SSSR count). The molecule has 0 bridgehead atoms. The van der Waals surface area contributed by atoms with Crippen LogP contribution < -0.4 is 0 Å². The first-order valence-corrected chi connectivity index (χ1v) is 6.10. The van der Waals surface area contributed by atoms with E-state index in [0.717, 1.165) is 0 Å². The lowest BCUT2D eigenvalue weighted by atomic mass is 10.3. The monoisotopic (exact) mass is 240 g/mol. The number of hydrogen-bond acceptors (Lipinski definition) is 6. The second-order valence-corrected chi connectivity index (χ2v) is 5.04. The summed E-state index contributed by atoms with van der Waals surface area (Å²) in [6.45, 7) is 1.93. The number of carbonyl (C=O) groups is 1. The highest BCUT2D eigenvalue weighted by Gasteiger charge is 2.27. The van der Waals surface area contributed by atoms with Crippen molar-refractivity contribution in [1.29, 1.82) is 10.5 Å². The minimum Gasteiger partial charge on any atom is -0.462 e. The fourth-order valence-corrected chi connectivity index (χ4v) is 3.43. The molecule has 78 valence electrons. The third-order valence-electron chi connectivity index (χ3n) is 1.55. The van der Waals surface area contributed by atoms with Crippen molar-refractivity contribution in [2.45, 2.75) is 12.2 Å². The summed E-state index contributed by atoms with van der Waals surface area (Å²) in [4.78, 5) is 11.3. The third kappa shape index (κ3) is 2.92. The molecule has 4 nitrogen and oxygen atoms in total. The van der Waals surface area contributed by atoms with Gasteiger partial charge in [0.05, 0.1) is 16.9 Å². The van der Waals surface area contributed by atoms with Crippen molar-refractivity contribution >= 4 is 29.5 Å². The first-order valence-electron chi connectivity index (χ1n) is 4.23. The van der Waals surface area contributed by atoms with Gasteiger partial charge in [-0.05, 0) is 6.92 Å². The van der Waals surface area contributed by atoms with Gasteiger partial charge in [0.1, 0.15) is 11.3 Å². The SMILES string of the molecule is CCOC(=O)/C(C#N)=C1\SC[C@@H](C#N)S1. The Balaban J connectivity index is 2.83. The van der Waals surface area contributed by atoms with E-state index in [0.29, 0.717) is 9.99 Å². The maximum Gasteiger partial charge on any atom is 0.350 e. The predicted octanol–water partition coefficient (Wildman–Crippen LogP) is 1.66. The van der Waals surface area contributed by atoms with Gasteiger partial charge in [-0.1, -0.05) is 11.8 Å². The molecule has 15 heavy (non-hydrogen) atoms. The fourth-order valence-electron chi connectivity index (χ4n) is 0.921. The highest BCUT2D eigenvalue weighted by molar-refractivity contribution is 8.25. The Kier molecular flexibility index (Phi) is 4.54. The average Bonchev–Trinajstić information content (AvgIpc) is 2.68. The van der Waals surface area contributed by atoms with Crippen LogP contribution in [0.3, 0.4) is 0 Å². The number of hydrogen-bond donors (Lipinski definition) is 0. The lowest BCUT2D eigenvalue weighted by Gasteiger charge is -2.01. The molecule has 0 saturated carbocycles. The molecule has 1 aliphatic heterocycles. The van der Waals surface area contributed by atoms with Gasteiger partial charge in [0.15, 0.2) is 5.57 Å². The minimum absolute atomic E-state index is 0.0181. The molecule has 1 atom stereocenters. The maximum absolute atomic E-state index is 11.3. The zero-order chi connectivity index (χ0) is 11.3. The average molecular weight is 240 g/mol. The van der Waals surface area contributed by atoms with Gasteiger partial charge in [0.25, 0.3) is 0 Å². The molecule has 0 spiro atoms. The standard InChI is InChI=1S/C9H8N2O2S2/c1-2-13-8(12)7(4-11)9-14-5-6(3-10)15-9/h6H,2,5H2,1H3/b9-7+/t6-/m1/s1. The van der Waals surface area contributed by atoms with Gasteiger partial charge in [-0.15, -0.1) is 11.8 Å². The molecule has 1 aliphatic rings. The van der Waals surface area contributed by atoms with Crippen LogP contribution in [0, 0.1) is 22.7 Å². The summed E-state index contributed by atoms with van der Waals surface area (Å²) in [5.41, 5.74) is 0.0181. The van der Waals surface area contributed by atoms with E-state index in [4.69, 9.17) is 15.3 Å². The lowest BCUT2D eigenvalue weighted by Crippen LogP contribution is -2.07. The Hall–Kier alpha value is -1.11. The summed E-state index contributed by atoms with van der Waals surface area (Å²) in [6.07, 6.45) is 0. The second-order valence-electron chi connectivity index (χ2n) is 2.54. The van der Waals surface area contributed by atoms with Gasteiger partial charge >= 0.3 is 5.97 Å². The van der Waals surface area contributed by atoms with Crippen molar-refractivity contribution in [2.24, 2.45) is 0 Å². The number of thioether (sulfide) groups is 2. The van der Waals surface area contributed by atoms with Crippen molar-refractivity contribution in [3.63, 3.8) is 0 Å². The first-order chi connectivity index (χ1) is 7.22. The summed E-state index contributed by atoms with van der Waals surface area (Å²) >= 11 is 2.61. The van der Waals surface area contributed by atoms with Gasteiger partial charge in [-0.2, -0.15) is 10.5 Å². The lowest BCUT2D eigenvalue weighted by molar-refractivity contribution is -0.138. The van der Waals surface area contributed by atoms with E-state index in [2.05, 4.69) is 6.07 Å². The molecular weight excluding hydrogens is 232 g/mol. The zero-order valence-corrected chi connectivity index (χ0v) is 9.65. The van der Waals surface area contributed by atoms with E-state index in [9.17, 15) is 4.79 Å². The highest BCUT2D eigenvalue weighted by atomic mass is 32.2. The van der Waals surface area contributed by atoms with Crippen LogP contribution in [0.1, 0.15) is 6.92 Å². The van der Waals surface area contributed by atoms with Gasteiger partial charge in [0, 0.05) is 5.75 Å². The van der Waals surface area contributed by atoms with Crippen molar-refractivity contribution in [3.8, 4) is 12.1 Å². The van der Waals surface area contributed by atoms with Gasteiger partial charge in [-0.3, -0.25) is 0 Å². The predicted molar refractivity (Wildman–Crippen MR) is 58.7 cm³/mol. The molecule has 0 amide bonds. The largest absolute Gasteiger partial charge is 0.462 e. The maximum atomic E-state index is 11.3. The van der Waals surface area contributed by atoms with Crippen molar-refractivity contribution in [1.82, 2.24) is 0 Å². The van der Waals surface area contributed by atoms with Crippen molar-refractivity contribution < 1.29 is 9.53 Å². The highest BCUT2D eigenvalue weighted by Crippen LogP contribution is 2.43. The fraction of sp³-hybridized carbons (Fsp3) is 0.444. The third-order valence-corrected chi connectivity index (χ3v) is 4.35. The Morgan fingerprint density at radius 2 is 2.40 bits per heavy atom.